The summed E-state index contributed by atoms with van der Waals surface area (Å²) in [5.41, 5.74) is 5.54. The summed E-state index contributed by atoms with van der Waals surface area (Å²) in [6.07, 6.45) is 3.17. The number of carbonyl (C=O) groups excluding carboxylic acids is 1. The van der Waals surface area contributed by atoms with Crippen LogP contribution in [0.15, 0.2) is 36.4 Å². The second-order valence-electron chi connectivity index (χ2n) is 6.56. The van der Waals surface area contributed by atoms with E-state index >= 15 is 0 Å². The van der Waals surface area contributed by atoms with Crippen molar-refractivity contribution >= 4 is 5.78 Å². The third kappa shape index (κ3) is 2.06. The number of carbonyl (C=O) groups is 1. The molecule has 4 rings (SSSR count). The van der Waals surface area contributed by atoms with E-state index in [1.807, 2.05) is 36.4 Å². The molecule has 2 aliphatic carbocycles. The van der Waals surface area contributed by atoms with Crippen LogP contribution in [0.2, 0.25) is 0 Å². The molecule has 0 radical (unpaired) electrons. The number of benzene rings is 2. The Morgan fingerprint density at radius 1 is 0.833 bits per heavy atom. The normalized spacial score (nSPS) is 20.8. The van der Waals surface area contributed by atoms with Gasteiger partial charge in [-0.15, -0.1) is 0 Å². The van der Waals surface area contributed by atoms with Crippen molar-refractivity contribution in [1.82, 2.24) is 0 Å². The van der Waals surface area contributed by atoms with Gasteiger partial charge >= 0.3 is 0 Å². The zero-order valence-electron chi connectivity index (χ0n) is 13.2. The molecule has 0 bridgehead atoms. The zero-order chi connectivity index (χ0) is 16.7. The minimum atomic E-state index is -0.116. The summed E-state index contributed by atoms with van der Waals surface area (Å²) >= 11 is 0. The van der Waals surface area contributed by atoms with Gasteiger partial charge in [0.05, 0.1) is 23.3 Å². The third-order valence-corrected chi connectivity index (χ3v) is 5.47. The molecule has 0 aromatic heterocycles. The number of ketones is 1. The van der Waals surface area contributed by atoms with E-state index in [1.165, 1.54) is 0 Å². The van der Waals surface area contributed by atoms with Crippen molar-refractivity contribution in [1.29, 1.82) is 10.5 Å². The predicted molar refractivity (Wildman–Crippen MR) is 89.4 cm³/mol. The van der Waals surface area contributed by atoms with Crippen LogP contribution in [0.1, 0.15) is 58.1 Å². The average molecular weight is 312 g/mol. The zero-order valence-corrected chi connectivity index (χ0v) is 13.2. The molecule has 2 aliphatic rings. The summed E-state index contributed by atoms with van der Waals surface area (Å²) in [6, 6.07) is 15.9. The van der Waals surface area contributed by atoms with E-state index in [0.717, 1.165) is 47.9 Å². The number of hydrogen-bond acceptors (Lipinski definition) is 3. The molecular weight excluding hydrogens is 296 g/mol. The number of nitriles is 2. The van der Waals surface area contributed by atoms with Gasteiger partial charge in [-0.25, -0.2) is 0 Å². The quantitative estimate of drug-likeness (QED) is 0.848. The van der Waals surface area contributed by atoms with Crippen LogP contribution in [-0.4, -0.2) is 5.78 Å². The van der Waals surface area contributed by atoms with E-state index in [1.54, 1.807) is 0 Å². The molecule has 2 aromatic rings. The first-order valence-electron chi connectivity index (χ1n) is 8.32. The van der Waals surface area contributed by atoms with Crippen LogP contribution >= 0.6 is 0 Å². The van der Waals surface area contributed by atoms with Crippen LogP contribution in [0.25, 0.3) is 0 Å². The molecule has 0 saturated carbocycles. The Morgan fingerprint density at radius 3 is 1.71 bits per heavy atom. The van der Waals surface area contributed by atoms with Crippen molar-refractivity contribution < 1.29 is 4.79 Å². The maximum Gasteiger partial charge on any atom is 0.147 e. The highest BCUT2D eigenvalue weighted by molar-refractivity contribution is 5.94. The number of hydrogen-bond donors (Lipinski definition) is 0. The summed E-state index contributed by atoms with van der Waals surface area (Å²) in [6.45, 7) is 0. The molecule has 0 amide bonds. The molecule has 0 heterocycles. The van der Waals surface area contributed by atoms with Gasteiger partial charge < -0.3 is 0 Å². The van der Waals surface area contributed by atoms with Crippen molar-refractivity contribution in [3.63, 3.8) is 0 Å². The van der Waals surface area contributed by atoms with Crippen molar-refractivity contribution in [2.45, 2.75) is 37.5 Å². The second kappa shape index (κ2) is 5.62. The fourth-order valence-electron chi connectivity index (χ4n) is 4.35. The SMILES string of the molecule is N#Cc1cccc2c1CCC2C(=O)C1CCc2c(C#N)cccc21. The minimum absolute atomic E-state index is 0.116. The molecular formula is C21H16N2O. The molecule has 2 atom stereocenters. The Bertz CT molecular complexity index is 854. The average Bonchev–Trinajstić information content (AvgIpc) is 3.24. The van der Waals surface area contributed by atoms with Crippen molar-refractivity contribution in [3.8, 4) is 12.1 Å². The van der Waals surface area contributed by atoms with Gasteiger partial charge in [-0.2, -0.15) is 10.5 Å². The highest BCUT2D eigenvalue weighted by Gasteiger charge is 2.37. The maximum absolute atomic E-state index is 13.2. The van der Waals surface area contributed by atoms with E-state index in [0.29, 0.717) is 11.1 Å². The fraction of sp³-hybridized carbons (Fsp3) is 0.286. The predicted octanol–water partition coefficient (Wildman–Crippen LogP) is 3.76. The van der Waals surface area contributed by atoms with E-state index in [9.17, 15) is 15.3 Å². The van der Waals surface area contributed by atoms with Crippen molar-refractivity contribution in [3.05, 3.63) is 69.8 Å². The number of rotatable bonds is 2. The van der Waals surface area contributed by atoms with Gasteiger partial charge in [0.1, 0.15) is 5.78 Å². The van der Waals surface area contributed by atoms with Gasteiger partial charge in [0.2, 0.25) is 0 Å². The highest BCUT2D eigenvalue weighted by atomic mass is 16.1. The molecule has 0 aliphatic heterocycles. The van der Waals surface area contributed by atoms with Gasteiger partial charge in [-0.3, -0.25) is 4.79 Å². The Balaban J connectivity index is 1.70. The standard InChI is InChI=1S/C21H16N2O/c22-11-13-3-1-5-17-15(13)7-9-19(17)21(24)20-10-8-16-14(12-23)4-2-6-18(16)20/h1-6,19-20H,7-10H2. The second-order valence-corrected chi connectivity index (χ2v) is 6.56. The molecule has 3 heteroatoms. The van der Waals surface area contributed by atoms with Crippen LogP contribution in [0.5, 0.6) is 0 Å². The Hall–Kier alpha value is -2.91. The molecule has 3 nitrogen and oxygen atoms in total. The molecule has 0 spiro atoms. The van der Waals surface area contributed by atoms with Crippen LogP contribution in [0.3, 0.4) is 0 Å². The topological polar surface area (TPSA) is 64.7 Å². The van der Waals surface area contributed by atoms with Gasteiger partial charge in [0.15, 0.2) is 0 Å². The lowest BCUT2D eigenvalue weighted by Gasteiger charge is -2.17. The lowest BCUT2D eigenvalue weighted by Crippen LogP contribution is -2.17. The highest BCUT2D eigenvalue weighted by Crippen LogP contribution is 2.43. The largest absolute Gasteiger partial charge is 0.298 e. The van der Waals surface area contributed by atoms with Crippen LogP contribution in [0.4, 0.5) is 0 Å². The summed E-state index contributed by atoms with van der Waals surface area (Å²) in [5, 5.41) is 18.5. The smallest absolute Gasteiger partial charge is 0.147 e. The first-order chi connectivity index (χ1) is 11.7. The lowest BCUT2D eigenvalue weighted by molar-refractivity contribution is -0.121. The Kier molecular flexibility index (Phi) is 3.44. The van der Waals surface area contributed by atoms with Gasteiger partial charge in [0.25, 0.3) is 0 Å². The molecule has 0 fully saturated rings. The van der Waals surface area contributed by atoms with Gasteiger partial charge in [-0.05, 0) is 60.1 Å². The molecule has 0 saturated heterocycles. The van der Waals surface area contributed by atoms with Gasteiger partial charge in [0, 0.05) is 11.8 Å². The first-order valence-corrected chi connectivity index (χ1v) is 8.32. The van der Waals surface area contributed by atoms with E-state index < -0.39 is 0 Å². The van der Waals surface area contributed by atoms with Crippen LogP contribution in [-0.2, 0) is 17.6 Å². The van der Waals surface area contributed by atoms with Crippen LogP contribution < -0.4 is 0 Å². The fourth-order valence-corrected chi connectivity index (χ4v) is 4.35. The third-order valence-electron chi connectivity index (χ3n) is 5.47. The summed E-state index contributed by atoms with van der Waals surface area (Å²) in [4.78, 5) is 13.2. The lowest BCUT2D eigenvalue weighted by atomic mass is 9.85. The molecule has 2 unspecified atom stereocenters. The van der Waals surface area contributed by atoms with Crippen molar-refractivity contribution in [2.75, 3.05) is 0 Å². The maximum atomic E-state index is 13.2. The monoisotopic (exact) mass is 312 g/mol. The number of Topliss-reactive ketones (excluding diaryl/α,β-unsaturated/α-hetero) is 1. The van der Waals surface area contributed by atoms with Crippen molar-refractivity contribution in [2.24, 2.45) is 0 Å². The van der Waals surface area contributed by atoms with E-state index in [4.69, 9.17) is 0 Å². The van der Waals surface area contributed by atoms with Gasteiger partial charge in [-0.1, -0.05) is 24.3 Å². The van der Waals surface area contributed by atoms with Crippen LogP contribution in [0, 0.1) is 22.7 Å². The van der Waals surface area contributed by atoms with E-state index in [-0.39, 0.29) is 17.6 Å². The number of nitrogens with zero attached hydrogens (tertiary/aromatic N) is 2. The Labute approximate surface area is 141 Å². The molecule has 24 heavy (non-hydrogen) atoms. The molecule has 0 N–H and O–H groups in total. The first kappa shape index (κ1) is 14.7. The number of fused-ring (bicyclic) bond motifs is 2. The minimum Gasteiger partial charge on any atom is -0.298 e. The summed E-state index contributed by atoms with van der Waals surface area (Å²) in [7, 11) is 0. The Morgan fingerprint density at radius 2 is 1.29 bits per heavy atom. The summed E-state index contributed by atoms with van der Waals surface area (Å²) in [5.74, 6) is 0.0164. The molecule has 2 aromatic carbocycles. The van der Waals surface area contributed by atoms with E-state index in [2.05, 4.69) is 12.1 Å². The molecule has 116 valence electrons. The summed E-state index contributed by atoms with van der Waals surface area (Å²) < 4.78 is 0.